The summed E-state index contributed by atoms with van der Waals surface area (Å²) in [4.78, 5) is 23.9. The zero-order chi connectivity index (χ0) is 21.3. The van der Waals surface area contributed by atoms with Crippen LogP contribution in [0.5, 0.6) is 0 Å². The molecule has 0 aliphatic heterocycles. The van der Waals surface area contributed by atoms with Crippen LogP contribution in [0.25, 0.3) is 0 Å². The molecule has 1 aromatic carbocycles. The summed E-state index contributed by atoms with van der Waals surface area (Å²) in [6.07, 6.45) is 3.39. The third-order valence-corrected chi connectivity index (χ3v) is 5.19. The lowest BCUT2D eigenvalue weighted by Crippen LogP contribution is -2.22. The van der Waals surface area contributed by atoms with Crippen molar-refractivity contribution in [1.29, 1.82) is 0 Å². The molecule has 0 spiro atoms. The van der Waals surface area contributed by atoms with Crippen LogP contribution < -0.4 is 10.9 Å². The summed E-state index contributed by atoms with van der Waals surface area (Å²) in [7, 11) is 1.61. The minimum absolute atomic E-state index is 0.0402. The minimum atomic E-state index is -1.02. The van der Waals surface area contributed by atoms with Gasteiger partial charge in [-0.1, -0.05) is 35.3 Å². The molecule has 152 valence electrons. The van der Waals surface area contributed by atoms with Gasteiger partial charge in [0.25, 0.3) is 5.56 Å². The van der Waals surface area contributed by atoms with Crippen LogP contribution in [-0.4, -0.2) is 20.2 Å². The lowest BCUT2D eigenvalue weighted by atomic mass is 9.99. The molecule has 6 nitrogen and oxygen atoms in total. The van der Waals surface area contributed by atoms with Gasteiger partial charge in [-0.3, -0.25) is 4.79 Å². The van der Waals surface area contributed by atoms with Gasteiger partial charge < -0.3 is 19.6 Å². The molecule has 1 atom stereocenters. The van der Waals surface area contributed by atoms with Gasteiger partial charge in [0.2, 0.25) is 0 Å². The fourth-order valence-electron chi connectivity index (χ4n) is 3.28. The second-order valence-electron chi connectivity index (χ2n) is 7.04. The molecule has 8 heteroatoms. The molecule has 2 aromatic heterocycles. The number of carboxylic acid groups (broad SMARTS) is 1. The van der Waals surface area contributed by atoms with E-state index in [1.165, 1.54) is 10.6 Å². The molecule has 29 heavy (non-hydrogen) atoms. The molecular formula is C21H21Cl2N3O3. The van der Waals surface area contributed by atoms with Gasteiger partial charge in [0.05, 0.1) is 23.0 Å². The van der Waals surface area contributed by atoms with Gasteiger partial charge in [-0.2, -0.15) is 0 Å². The normalized spacial score (nSPS) is 12.2. The molecule has 3 rings (SSSR count). The zero-order valence-corrected chi connectivity index (χ0v) is 17.7. The van der Waals surface area contributed by atoms with Gasteiger partial charge in [0.1, 0.15) is 5.02 Å². The molecule has 0 amide bonds. The van der Waals surface area contributed by atoms with E-state index < -0.39 is 12.0 Å². The Labute approximate surface area is 178 Å². The minimum Gasteiger partial charge on any atom is -0.478 e. The molecule has 0 radical (unpaired) electrons. The largest absolute Gasteiger partial charge is 0.478 e. The van der Waals surface area contributed by atoms with Crippen molar-refractivity contribution in [3.8, 4) is 0 Å². The van der Waals surface area contributed by atoms with Crippen LogP contribution in [0.4, 0.5) is 5.69 Å². The van der Waals surface area contributed by atoms with Gasteiger partial charge in [-0.05, 0) is 43.7 Å². The first-order valence-electron chi connectivity index (χ1n) is 9.01. The van der Waals surface area contributed by atoms with Crippen molar-refractivity contribution in [2.45, 2.75) is 25.9 Å². The number of benzene rings is 1. The lowest BCUT2D eigenvalue weighted by molar-refractivity contribution is 0.0695. The topological polar surface area (TPSA) is 76.3 Å². The number of aromatic nitrogens is 2. The summed E-state index contributed by atoms with van der Waals surface area (Å²) in [5.41, 5.74) is 1.89. The Morgan fingerprint density at radius 1 is 1.14 bits per heavy atom. The SMILES string of the molecule is CC(C)n1ccc(C(=O)O)c1C(Nc1cc(Cl)c(=O)n(C)c1)c1ccc(Cl)cc1. The maximum atomic E-state index is 11.9. The molecule has 0 fully saturated rings. The van der Waals surface area contributed by atoms with Crippen molar-refractivity contribution in [2.75, 3.05) is 5.32 Å². The van der Waals surface area contributed by atoms with Gasteiger partial charge in [-0.15, -0.1) is 0 Å². The maximum Gasteiger partial charge on any atom is 0.337 e. The van der Waals surface area contributed by atoms with E-state index in [0.717, 1.165) is 5.56 Å². The van der Waals surface area contributed by atoms with Crippen LogP contribution in [0.15, 0.2) is 53.6 Å². The van der Waals surface area contributed by atoms with E-state index in [0.29, 0.717) is 16.4 Å². The van der Waals surface area contributed by atoms with Crippen LogP contribution in [-0.2, 0) is 7.05 Å². The maximum absolute atomic E-state index is 11.9. The van der Waals surface area contributed by atoms with E-state index in [9.17, 15) is 14.7 Å². The lowest BCUT2D eigenvalue weighted by Gasteiger charge is -2.25. The van der Waals surface area contributed by atoms with Crippen LogP contribution in [0.2, 0.25) is 10.0 Å². The molecule has 0 aliphatic rings. The van der Waals surface area contributed by atoms with Crippen molar-refractivity contribution in [2.24, 2.45) is 7.05 Å². The van der Waals surface area contributed by atoms with E-state index in [2.05, 4.69) is 5.32 Å². The number of hydrogen-bond donors (Lipinski definition) is 2. The van der Waals surface area contributed by atoms with Gasteiger partial charge in [-0.25, -0.2) is 4.79 Å². The van der Waals surface area contributed by atoms with E-state index in [1.54, 1.807) is 37.6 Å². The Bertz CT molecular complexity index is 1080. The summed E-state index contributed by atoms with van der Waals surface area (Å²) in [5, 5.41) is 13.8. The van der Waals surface area contributed by atoms with E-state index >= 15 is 0 Å². The number of carbonyl (C=O) groups is 1. The molecule has 0 saturated heterocycles. The van der Waals surface area contributed by atoms with Crippen molar-refractivity contribution >= 4 is 34.9 Å². The van der Waals surface area contributed by atoms with Crippen LogP contribution in [0.3, 0.4) is 0 Å². The first-order valence-corrected chi connectivity index (χ1v) is 9.76. The predicted molar refractivity (Wildman–Crippen MR) is 115 cm³/mol. The number of halogens is 2. The number of pyridine rings is 1. The van der Waals surface area contributed by atoms with E-state index in [4.69, 9.17) is 23.2 Å². The number of hydrogen-bond acceptors (Lipinski definition) is 3. The third kappa shape index (κ3) is 4.33. The van der Waals surface area contributed by atoms with Crippen molar-refractivity contribution in [3.63, 3.8) is 0 Å². The summed E-state index contributed by atoms with van der Waals surface area (Å²) in [5.74, 6) is -1.02. The molecule has 0 aliphatic carbocycles. The molecule has 0 bridgehead atoms. The average molecular weight is 434 g/mol. The molecule has 1 unspecified atom stereocenters. The van der Waals surface area contributed by atoms with Gasteiger partial charge in [0, 0.05) is 30.5 Å². The van der Waals surface area contributed by atoms with E-state index in [-0.39, 0.29) is 22.2 Å². The van der Waals surface area contributed by atoms with Crippen LogP contribution in [0, 0.1) is 0 Å². The number of nitrogens with zero attached hydrogens (tertiary/aromatic N) is 2. The Hall–Kier alpha value is -2.70. The Kier molecular flexibility index (Phi) is 6.05. The number of aromatic carboxylic acids is 1. The summed E-state index contributed by atoms with van der Waals surface area (Å²) >= 11 is 12.1. The predicted octanol–water partition coefficient (Wildman–Crippen LogP) is 4.97. The van der Waals surface area contributed by atoms with Crippen molar-refractivity contribution < 1.29 is 9.90 Å². The summed E-state index contributed by atoms with van der Waals surface area (Å²) < 4.78 is 3.29. The first-order chi connectivity index (χ1) is 13.7. The highest BCUT2D eigenvalue weighted by molar-refractivity contribution is 6.30. The average Bonchev–Trinajstić information content (AvgIpc) is 3.10. The summed E-state index contributed by atoms with van der Waals surface area (Å²) in [6, 6.07) is 9.85. The second-order valence-corrected chi connectivity index (χ2v) is 7.89. The highest BCUT2D eigenvalue weighted by Crippen LogP contribution is 2.32. The monoisotopic (exact) mass is 433 g/mol. The van der Waals surface area contributed by atoms with Gasteiger partial charge in [0.15, 0.2) is 0 Å². The molecular weight excluding hydrogens is 413 g/mol. The van der Waals surface area contributed by atoms with Gasteiger partial charge >= 0.3 is 5.97 Å². The third-order valence-electron chi connectivity index (χ3n) is 4.67. The fraction of sp³-hybridized carbons (Fsp3) is 0.238. The molecule has 2 N–H and O–H groups in total. The first kappa shape index (κ1) is 21.0. The summed E-state index contributed by atoms with van der Waals surface area (Å²) in [6.45, 7) is 3.97. The number of rotatable bonds is 6. The van der Waals surface area contributed by atoms with E-state index in [1.807, 2.05) is 30.5 Å². The van der Waals surface area contributed by atoms with Crippen LogP contribution >= 0.6 is 23.2 Å². The Morgan fingerprint density at radius 3 is 2.34 bits per heavy atom. The quantitative estimate of drug-likeness (QED) is 0.574. The Morgan fingerprint density at radius 2 is 1.79 bits per heavy atom. The molecule has 3 aromatic rings. The zero-order valence-electron chi connectivity index (χ0n) is 16.2. The fourth-order valence-corrected chi connectivity index (χ4v) is 3.65. The number of anilines is 1. The second kappa shape index (κ2) is 8.35. The van der Waals surface area contributed by atoms with Crippen LogP contribution in [0.1, 0.15) is 47.5 Å². The Balaban J connectivity index is 2.20. The van der Waals surface area contributed by atoms with Crippen molar-refractivity contribution in [3.05, 3.63) is 86.0 Å². The number of carboxylic acids is 1. The standard InChI is InChI=1S/C21H21Cl2N3O3/c1-12(2)26-9-8-16(21(28)29)19(26)18(13-4-6-14(22)7-5-13)24-15-10-17(23)20(27)25(3)11-15/h4-12,18,24H,1-3H3,(H,28,29). The highest BCUT2D eigenvalue weighted by Gasteiger charge is 2.26. The molecule has 0 saturated carbocycles. The number of aryl methyl sites for hydroxylation is 1. The highest BCUT2D eigenvalue weighted by atomic mass is 35.5. The molecule has 2 heterocycles. The smallest absolute Gasteiger partial charge is 0.337 e. The number of nitrogens with one attached hydrogen (secondary N) is 1. The van der Waals surface area contributed by atoms with Crippen molar-refractivity contribution in [1.82, 2.24) is 9.13 Å².